The van der Waals surface area contributed by atoms with Crippen LogP contribution < -0.4 is 14.4 Å². The van der Waals surface area contributed by atoms with Crippen molar-refractivity contribution in [1.29, 1.82) is 0 Å². The van der Waals surface area contributed by atoms with Gasteiger partial charge in [-0.05, 0) is 61.7 Å². The van der Waals surface area contributed by atoms with Crippen LogP contribution in [-0.2, 0) is 9.59 Å². The zero-order valence-corrected chi connectivity index (χ0v) is 20.9. The third-order valence-electron chi connectivity index (χ3n) is 6.15. The minimum absolute atomic E-state index is 0.0691. The van der Waals surface area contributed by atoms with Crippen molar-refractivity contribution >= 4 is 34.7 Å². The molecule has 1 aliphatic heterocycles. The second kappa shape index (κ2) is 9.47. The average Bonchev–Trinajstić information content (AvgIpc) is 3.09. The summed E-state index contributed by atoms with van der Waals surface area (Å²) in [6, 6.07) is 15.3. The van der Waals surface area contributed by atoms with Gasteiger partial charge >= 0.3 is 0 Å². The minimum atomic E-state index is -0.935. The molecular weight excluding hydrogens is 466 g/mol. The SMILES string of the molecule is COc1ccccc1C1/C(=C(\O)c2cc(C)cc(Cl)c2OC)C(=O)C(=O)N1c1cc(C)ccc1C. The van der Waals surface area contributed by atoms with Gasteiger partial charge < -0.3 is 14.6 Å². The number of aryl methyl sites for hydroxylation is 3. The van der Waals surface area contributed by atoms with E-state index >= 15 is 0 Å². The fourth-order valence-electron chi connectivity index (χ4n) is 4.50. The highest BCUT2D eigenvalue weighted by molar-refractivity contribution is 6.52. The quantitative estimate of drug-likeness (QED) is 0.273. The number of halogens is 1. The van der Waals surface area contributed by atoms with Crippen molar-refractivity contribution in [3.63, 3.8) is 0 Å². The van der Waals surface area contributed by atoms with Crippen LogP contribution in [0.5, 0.6) is 11.5 Å². The third kappa shape index (κ3) is 4.15. The Balaban J connectivity index is 2.08. The molecule has 1 heterocycles. The molecule has 1 fully saturated rings. The molecule has 7 heteroatoms. The molecule has 3 aromatic carbocycles. The Hall–Kier alpha value is -3.77. The van der Waals surface area contributed by atoms with Crippen LogP contribution in [0, 0.1) is 20.8 Å². The molecule has 1 unspecified atom stereocenters. The Morgan fingerprint density at radius 2 is 1.66 bits per heavy atom. The highest BCUT2D eigenvalue weighted by atomic mass is 35.5. The van der Waals surface area contributed by atoms with E-state index in [0.29, 0.717) is 17.0 Å². The summed E-state index contributed by atoms with van der Waals surface area (Å²) in [7, 11) is 2.95. The van der Waals surface area contributed by atoms with Gasteiger partial charge in [-0.1, -0.05) is 41.9 Å². The number of aliphatic hydroxyl groups is 1. The van der Waals surface area contributed by atoms with Crippen LogP contribution in [0.4, 0.5) is 5.69 Å². The standard InChI is InChI=1S/C28H26ClNO5/c1-15-10-11-17(3)21(14-15)30-24(18-8-6-7-9-22(18)34-4)23(26(32)28(30)33)25(31)19-12-16(2)13-20(29)27(19)35-5/h6-14,24,31H,1-5H3/b25-23+. The first-order valence-electron chi connectivity index (χ1n) is 11.0. The molecule has 0 aliphatic carbocycles. The van der Waals surface area contributed by atoms with E-state index < -0.39 is 17.7 Å². The largest absolute Gasteiger partial charge is 0.507 e. The number of hydrogen-bond acceptors (Lipinski definition) is 5. The second-order valence-corrected chi connectivity index (χ2v) is 8.94. The van der Waals surface area contributed by atoms with Gasteiger partial charge in [0.25, 0.3) is 11.7 Å². The van der Waals surface area contributed by atoms with Gasteiger partial charge in [-0.25, -0.2) is 0 Å². The van der Waals surface area contributed by atoms with Gasteiger partial charge in [0.2, 0.25) is 0 Å². The van der Waals surface area contributed by atoms with E-state index in [4.69, 9.17) is 21.1 Å². The Morgan fingerprint density at radius 3 is 2.34 bits per heavy atom. The van der Waals surface area contributed by atoms with Crippen molar-refractivity contribution in [3.05, 3.63) is 93.0 Å². The number of carbonyl (C=O) groups excluding carboxylic acids is 2. The predicted molar refractivity (Wildman–Crippen MR) is 136 cm³/mol. The van der Waals surface area contributed by atoms with Gasteiger partial charge in [0.05, 0.1) is 36.4 Å². The maximum Gasteiger partial charge on any atom is 0.300 e. The van der Waals surface area contributed by atoms with Crippen molar-refractivity contribution < 1.29 is 24.2 Å². The van der Waals surface area contributed by atoms with Gasteiger partial charge in [-0.2, -0.15) is 0 Å². The highest BCUT2D eigenvalue weighted by Crippen LogP contribution is 2.47. The first kappa shape index (κ1) is 24.4. The summed E-state index contributed by atoms with van der Waals surface area (Å²) in [5.41, 5.74) is 3.81. The molecule has 1 atom stereocenters. The highest BCUT2D eigenvalue weighted by Gasteiger charge is 2.48. The Morgan fingerprint density at radius 1 is 0.943 bits per heavy atom. The number of ketones is 1. The third-order valence-corrected chi connectivity index (χ3v) is 6.43. The van der Waals surface area contributed by atoms with Crippen LogP contribution in [0.25, 0.3) is 5.76 Å². The normalized spacial score (nSPS) is 17.1. The van der Waals surface area contributed by atoms with E-state index in [1.54, 1.807) is 36.4 Å². The summed E-state index contributed by atoms with van der Waals surface area (Å²) in [6.45, 7) is 5.60. The topological polar surface area (TPSA) is 76.1 Å². The number of methoxy groups -OCH3 is 2. The smallest absolute Gasteiger partial charge is 0.300 e. The van der Waals surface area contributed by atoms with Crippen LogP contribution in [0.1, 0.15) is 33.9 Å². The monoisotopic (exact) mass is 491 g/mol. The molecule has 35 heavy (non-hydrogen) atoms. The first-order valence-corrected chi connectivity index (χ1v) is 11.4. The first-order chi connectivity index (χ1) is 16.7. The number of carbonyl (C=O) groups is 2. The number of anilines is 1. The van der Waals surface area contributed by atoms with Gasteiger partial charge in [-0.3, -0.25) is 14.5 Å². The number of amides is 1. The summed E-state index contributed by atoms with van der Waals surface area (Å²) in [4.78, 5) is 28.5. The van der Waals surface area contributed by atoms with Gasteiger partial charge in [0.15, 0.2) is 0 Å². The molecule has 1 N–H and O–H groups in total. The molecule has 4 rings (SSSR count). The molecule has 0 radical (unpaired) electrons. The van der Waals surface area contributed by atoms with Crippen molar-refractivity contribution in [3.8, 4) is 11.5 Å². The van der Waals surface area contributed by atoms with Crippen LogP contribution >= 0.6 is 11.6 Å². The summed E-state index contributed by atoms with van der Waals surface area (Å²) >= 11 is 6.37. The summed E-state index contributed by atoms with van der Waals surface area (Å²) in [5, 5.41) is 11.8. The number of hydrogen-bond donors (Lipinski definition) is 1. The number of ether oxygens (including phenoxy) is 2. The number of para-hydroxylation sites is 1. The van der Waals surface area contributed by atoms with Crippen LogP contribution in [0.3, 0.4) is 0 Å². The Kier molecular flexibility index (Phi) is 6.59. The Bertz CT molecular complexity index is 1380. The molecule has 0 spiro atoms. The van der Waals surface area contributed by atoms with Crippen LogP contribution in [0.15, 0.2) is 60.2 Å². The minimum Gasteiger partial charge on any atom is -0.507 e. The molecular formula is C28H26ClNO5. The average molecular weight is 492 g/mol. The van der Waals surface area contributed by atoms with E-state index in [2.05, 4.69) is 0 Å². The number of rotatable bonds is 5. The lowest BCUT2D eigenvalue weighted by Gasteiger charge is -2.28. The van der Waals surface area contributed by atoms with Crippen molar-refractivity contribution in [2.45, 2.75) is 26.8 Å². The number of benzene rings is 3. The Labute approximate surface area is 209 Å². The fourth-order valence-corrected chi connectivity index (χ4v) is 4.85. The maximum absolute atomic E-state index is 13.5. The molecule has 6 nitrogen and oxygen atoms in total. The molecule has 180 valence electrons. The van der Waals surface area contributed by atoms with Gasteiger partial charge in [0.1, 0.15) is 17.3 Å². The van der Waals surface area contributed by atoms with E-state index in [0.717, 1.165) is 16.7 Å². The van der Waals surface area contributed by atoms with Gasteiger partial charge in [0, 0.05) is 11.3 Å². The van der Waals surface area contributed by atoms with E-state index in [1.165, 1.54) is 19.1 Å². The maximum atomic E-state index is 13.5. The second-order valence-electron chi connectivity index (χ2n) is 8.53. The van der Waals surface area contributed by atoms with Gasteiger partial charge in [-0.15, -0.1) is 0 Å². The molecule has 0 aromatic heterocycles. The lowest BCUT2D eigenvalue weighted by Crippen LogP contribution is -2.30. The fraction of sp³-hybridized carbons (Fsp3) is 0.214. The number of nitrogens with zero attached hydrogens (tertiary/aromatic N) is 1. The van der Waals surface area contributed by atoms with E-state index in [9.17, 15) is 14.7 Å². The number of aliphatic hydroxyl groups excluding tert-OH is 1. The molecule has 0 bridgehead atoms. The summed E-state index contributed by atoms with van der Waals surface area (Å²) in [6.07, 6.45) is 0. The molecule has 1 saturated heterocycles. The zero-order valence-electron chi connectivity index (χ0n) is 20.2. The van der Waals surface area contributed by atoms with Crippen LogP contribution in [0.2, 0.25) is 5.02 Å². The lowest BCUT2D eigenvalue weighted by atomic mass is 9.93. The van der Waals surface area contributed by atoms with Crippen molar-refractivity contribution in [2.24, 2.45) is 0 Å². The van der Waals surface area contributed by atoms with Crippen LogP contribution in [-0.4, -0.2) is 31.0 Å². The predicted octanol–water partition coefficient (Wildman–Crippen LogP) is 5.91. The summed E-state index contributed by atoms with van der Waals surface area (Å²) in [5.74, 6) is -1.22. The number of Topliss-reactive ketones (excluding diaryl/α,β-unsaturated/α-hetero) is 1. The van der Waals surface area contributed by atoms with E-state index in [-0.39, 0.29) is 27.7 Å². The summed E-state index contributed by atoms with van der Waals surface area (Å²) < 4.78 is 11.0. The lowest BCUT2D eigenvalue weighted by molar-refractivity contribution is -0.132. The molecule has 3 aromatic rings. The molecule has 1 amide bonds. The molecule has 1 aliphatic rings. The van der Waals surface area contributed by atoms with E-state index in [1.807, 2.05) is 39.0 Å². The zero-order chi connectivity index (χ0) is 25.4. The molecule has 0 saturated carbocycles. The van der Waals surface area contributed by atoms with Crippen molar-refractivity contribution in [1.82, 2.24) is 0 Å². The van der Waals surface area contributed by atoms with Crippen molar-refractivity contribution in [2.75, 3.05) is 19.1 Å².